The van der Waals surface area contributed by atoms with Crippen LogP contribution in [0.5, 0.6) is 0 Å². The lowest BCUT2D eigenvalue weighted by atomic mass is 10.1. The minimum absolute atomic E-state index is 0.00333. The molecule has 0 bridgehead atoms. The zero-order valence-corrected chi connectivity index (χ0v) is 12.9. The number of thioether (sulfide) groups is 1. The van der Waals surface area contributed by atoms with E-state index in [2.05, 4.69) is 15.3 Å². The smallest absolute Gasteiger partial charge is 0.327 e. The summed E-state index contributed by atoms with van der Waals surface area (Å²) in [6.07, 6.45) is 3.73. The summed E-state index contributed by atoms with van der Waals surface area (Å²) in [5, 5.41) is 11.4. The summed E-state index contributed by atoms with van der Waals surface area (Å²) < 4.78 is 3.38. The molecule has 7 nitrogen and oxygen atoms in total. The van der Waals surface area contributed by atoms with Gasteiger partial charge in [0.2, 0.25) is 0 Å². The average molecular weight is 296 g/mol. The third kappa shape index (κ3) is 2.96. The van der Waals surface area contributed by atoms with Gasteiger partial charge in [0.15, 0.2) is 5.16 Å². The fourth-order valence-electron chi connectivity index (χ4n) is 2.01. The number of nitrogens with one attached hydrogen (secondary N) is 1. The van der Waals surface area contributed by atoms with Gasteiger partial charge in [0.25, 0.3) is 0 Å². The van der Waals surface area contributed by atoms with Gasteiger partial charge in [0.05, 0.1) is 11.4 Å². The molecule has 0 aromatic carbocycles. The Morgan fingerprint density at radius 3 is 2.60 bits per heavy atom. The van der Waals surface area contributed by atoms with Gasteiger partial charge >= 0.3 is 5.69 Å². The largest absolute Gasteiger partial charge is 0.344 e. The van der Waals surface area contributed by atoms with Gasteiger partial charge < -0.3 is 5.73 Å². The maximum absolute atomic E-state index is 11.8. The van der Waals surface area contributed by atoms with Crippen molar-refractivity contribution in [2.75, 3.05) is 0 Å². The number of hydrogen-bond donors (Lipinski definition) is 2. The van der Waals surface area contributed by atoms with Crippen LogP contribution in [0.1, 0.15) is 37.6 Å². The molecule has 0 aliphatic rings. The number of nitrogens with two attached hydrogens (primary N) is 1. The molecule has 0 fully saturated rings. The molecule has 3 N–H and O–H groups in total. The van der Waals surface area contributed by atoms with Crippen molar-refractivity contribution >= 4 is 11.8 Å². The highest BCUT2D eigenvalue weighted by Gasteiger charge is 2.23. The molecule has 0 aliphatic carbocycles. The molecule has 2 heterocycles. The lowest BCUT2D eigenvalue weighted by Crippen LogP contribution is -2.24. The van der Waals surface area contributed by atoms with Crippen molar-refractivity contribution in [3.05, 3.63) is 28.4 Å². The minimum Gasteiger partial charge on any atom is -0.327 e. The number of hydrogen-bond acceptors (Lipinski definition) is 5. The Labute approximate surface area is 121 Å². The van der Waals surface area contributed by atoms with Gasteiger partial charge in [-0.3, -0.25) is 9.25 Å². The summed E-state index contributed by atoms with van der Waals surface area (Å²) >= 11 is 1.48. The van der Waals surface area contributed by atoms with Gasteiger partial charge in [-0.2, -0.15) is 5.10 Å². The van der Waals surface area contributed by atoms with E-state index < -0.39 is 0 Å². The highest BCUT2D eigenvalue weighted by atomic mass is 32.2. The topological polar surface area (TPSA) is 94.5 Å². The first-order chi connectivity index (χ1) is 9.40. The van der Waals surface area contributed by atoms with E-state index in [-0.39, 0.29) is 23.0 Å². The Morgan fingerprint density at radius 1 is 1.40 bits per heavy atom. The summed E-state index contributed by atoms with van der Waals surface area (Å²) in [5.74, 6) is 0. The summed E-state index contributed by atoms with van der Waals surface area (Å²) in [6.45, 7) is 5.84. The highest BCUT2D eigenvalue weighted by molar-refractivity contribution is 7.99. The SMILES string of the molecule is CC(N)C(Sc1n[nH]c(=O)n1C(C)C)c1cnn(C)c1. The predicted octanol–water partition coefficient (Wildman–Crippen LogP) is 1.07. The van der Waals surface area contributed by atoms with Crippen LogP contribution in [0.3, 0.4) is 0 Å². The average Bonchev–Trinajstić information content (AvgIpc) is 2.92. The van der Waals surface area contributed by atoms with E-state index in [9.17, 15) is 4.79 Å². The molecular weight excluding hydrogens is 276 g/mol. The molecule has 2 aromatic heterocycles. The Balaban J connectivity index is 2.32. The second kappa shape index (κ2) is 5.84. The lowest BCUT2D eigenvalue weighted by molar-refractivity contribution is 0.532. The van der Waals surface area contributed by atoms with E-state index in [1.807, 2.05) is 34.0 Å². The number of aromatic amines is 1. The summed E-state index contributed by atoms with van der Waals surface area (Å²) in [6, 6.07) is -0.0389. The van der Waals surface area contributed by atoms with Gasteiger partial charge in [0, 0.05) is 30.9 Å². The van der Waals surface area contributed by atoms with Crippen LogP contribution in [-0.4, -0.2) is 30.6 Å². The summed E-state index contributed by atoms with van der Waals surface area (Å²) in [4.78, 5) is 11.8. The highest BCUT2D eigenvalue weighted by Crippen LogP contribution is 2.36. The van der Waals surface area contributed by atoms with Crippen LogP contribution in [0.2, 0.25) is 0 Å². The molecule has 8 heteroatoms. The summed E-state index contributed by atoms with van der Waals surface area (Å²) in [7, 11) is 1.87. The molecule has 110 valence electrons. The van der Waals surface area contributed by atoms with Crippen LogP contribution in [0.15, 0.2) is 22.3 Å². The second-order valence-corrected chi connectivity index (χ2v) is 6.23. The van der Waals surface area contributed by atoms with Gasteiger partial charge in [-0.15, -0.1) is 5.10 Å². The quantitative estimate of drug-likeness (QED) is 0.805. The molecule has 0 spiro atoms. The zero-order valence-electron chi connectivity index (χ0n) is 12.1. The monoisotopic (exact) mass is 296 g/mol. The molecule has 2 unspecified atom stereocenters. The van der Waals surface area contributed by atoms with E-state index in [4.69, 9.17) is 5.73 Å². The van der Waals surface area contributed by atoms with Gasteiger partial charge in [-0.25, -0.2) is 9.89 Å². The fraction of sp³-hybridized carbons (Fsp3) is 0.583. The molecule has 2 aromatic rings. The first-order valence-electron chi connectivity index (χ1n) is 6.47. The van der Waals surface area contributed by atoms with Crippen molar-refractivity contribution in [3.63, 3.8) is 0 Å². The molecule has 0 aliphatic heterocycles. The third-order valence-corrected chi connectivity index (χ3v) is 4.41. The molecule has 2 atom stereocenters. The van der Waals surface area contributed by atoms with E-state index >= 15 is 0 Å². The van der Waals surface area contributed by atoms with E-state index in [1.54, 1.807) is 15.4 Å². The van der Waals surface area contributed by atoms with Crippen molar-refractivity contribution in [2.45, 2.75) is 43.3 Å². The molecule has 20 heavy (non-hydrogen) atoms. The number of H-pyrrole nitrogens is 1. The van der Waals surface area contributed by atoms with Crippen LogP contribution >= 0.6 is 11.8 Å². The maximum atomic E-state index is 11.8. The Hall–Kier alpha value is -1.54. The van der Waals surface area contributed by atoms with Gasteiger partial charge in [0.1, 0.15) is 0 Å². The molecular formula is C12H20N6OS. The Morgan fingerprint density at radius 2 is 2.10 bits per heavy atom. The van der Waals surface area contributed by atoms with E-state index in [1.165, 1.54) is 11.8 Å². The number of aromatic nitrogens is 5. The van der Waals surface area contributed by atoms with Gasteiger partial charge in [-0.05, 0) is 20.8 Å². The number of aryl methyl sites for hydroxylation is 1. The molecule has 0 amide bonds. The van der Waals surface area contributed by atoms with Crippen LogP contribution in [0.25, 0.3) is 0 Å². The van der Waals surface area contributed by atoms with Crippen molar-refractivity contribution in [1.82, 2.24) is 24.5 Å². The van der Waals surface area contributed by atoms with Gasteiger partial charge in [-0.1, -0.05) is 11.8 Å². The van der Waals surface area contributed by atoms with Crippen molar-refractivity contribution in [2.24, 2.45) is 12.8 Å². The maximum Gasteiger partial charge on any atom is 0.344 e. The number of rotatable bonds is 5. The van der Waals surface area contributed by atoms with Crippen molar-refractivity contribution in [3.8, 4) is 0 Å². The zero-order chi connectivity index (χ0) is 14.9. The third-order valence-electron chi connectivity index (χ3n) is 2.95. The van der Waals surface area contributed by atoms with Crippen LogP contribution in [-0.2, 0) is 7.05 Å². The number of nitrogens with zero attached hydrogens (tertiary/aromatic N) is 4. The fourth-order valence-corrected chi connectivity index (χ4v) is 3.21. The lowest BCUT2D eigenvalue weighted by Gasteiger charge is -2.19. The standard InChI is InChI=1S/C12H20N6OS/c1-7(2)18-11(19)15-16-12(18)20-10(8(3)13)9-5-14-17(4)6-9/h5-8,10H,13H2,1-4H3,(H,15,19). The predicted molar refractivity (Wildman–Crippen MR) is 78.7 cm³/mol. The summed E-state index contributed by atoms with van der Waals surface area (Å²) in [5.41, 5.74) is 6.90. The minimum atomic E-state index is -0.197. The molecule has 0 saturated heterocycles. The van der Waals surface area contributed by atoms with Crippen LogP contribution in [0.4, 0.5) is 0 Å². The molecule has 0 saturated carbocycles. The molecule has 2 rings (SSSR count). The normalized spacial score (nSPS) is 14.7. The first kappa shape index (κ1) is 14.9. The first-order valence-corrected chi connectivity index (χ1v) is 7.35. The van der Waals surface area contributed by atoms with Crippen LogP contribution in [0, 0.1) is 0 Å². The Bertz CT molecular complexity index is 626. The van der Waals surface area contributed by atoms with Crippen molar-refractivity contribution in [1.29, 1.82) is 0 Å². The Kier molecular flexibility index (Phi) is 4.34. The van der Waals surface area contributed by atoms with Crippen molar-refractivity contribution < 1.29 is 0 Å². The van der Waals surface area contributed by atoms with E-state index in [0.29, 0.717) is 5.16 Å². The second-order valence-electron chi connectivity index (χ2n) is 5.12. The molecule has 0 radical (unpaired) electrons. The van der Waals surface area contributed by atoms with Crippen LogP contribution < -0.4 is 11.4 Å². The van der Waals surface area contributed by atoms with E-state index in [0.717, 1.165) is 5.56 Å².